The van der Waals surface area contributed by atoms with Crippen LogP contribution < -0.4 is 10.6 Å². The van der Waals surface area contributed by atoms with E-state index in [0.717, 1.165) is 0 Å². The third-order valence-electron chi connectivity index (χ3n) is 2.76. The monoisotopic (exact) mass is 385 g/mol. The number of nitrogens with zero attached hydrogens (tertiary/aromatic N) is 3. The average Bonchev–Trinajstić information content (AvgIpc) is 2.88. The number of aliphatic carboxylic acids is 1. The fourth-order valence-corrected chi connectivity index (χ4v) is 1.81. The number of hydrogen-bond donors (Lipinski definition) is 3. The van der Waals surface area contributed by atoms with Crippen LogP contribution in [0.4, 0.5) is 9.59 Å². The van der Waals surface area contributed by atoms with Crippen LogP contribution in [-0.4, -0.2) is 55.5 Å². The van der Waals surface area contributed by atoms with Crippen LogP contribution in [0.1, 0.15) is 47.2 Å². The summed E-state index contributed by atoms with van der Waals surface area (Å²) in [6, 6.07) is -1.26. The summed E-state index contributed by atoms with van der Waals surface area (Å²) in [6.45, 7) is 10.1. The molecule has 1 aromatic heterocycles. The second-order valence-electron chi connectivity index (χ2n) is 7.82. The number of amides is 2. The van der Waals surface area contributed by atoms with Crippen molar-refractivity contribution < 1.29 is 29.0 Å². The Morgan fingerprint density at radius 2 is 1.67 bits per heavy atom. The number of carbonyl (C=O) groups excluding carboxylic acids is 2. The number of carbonyl (C=O) groups is 3. The van der Waals surface area contributed by atoms with E-state index in [9.17, 15) is 19.5 Å². The molecule has 0 aliphatic carbocycles. The summed E-state index contributed by atoms with van der Waals surface area (Å²) in [4.78, 5) is 34.7. The lowest BCUT2D eigenvalue weighted by Gasteiger charge is -2.21. The Bertz CT molecular complexity index is 674. The maximum atomic E-state index is 11.8. The van der Waals surface area contributed by atoms with E-state index in [-0.39, 0.29) is 13.1 Å². The molecule has 3 N–H and O–H groups in total. The SMILES string of the molecule is CC(C)(C)OC(=O)NCc1cn(C[C@H](NC(=O)OC(C)(C)C)C(=O)O)nn1. The van der Waals surface area contributed by atoms with E-state index in [1.165, 1.54) is 10.9 Å². The van der Waals surface area contributed by atoms with Gasteiger partial charge in [-0.15, -0.1) is 5.10 Å². The van der Waals surface area contributed by atoms with Crippen molar-refractivity contribution in [2.24, 2.45) is 0 Å². The second kappa shape index (κ2) is 8.69. The predicted octanol–water partition coefficient (Wildman–Crippen LogP) is 1.28. The number of rotatable bonds is 6. The fraction of sp³-hybridized carbons (Fsp3) is 0.688. The van der Waals surface area contributed by atoms with Crippen molar-refractivity contribution in [1.82, 2.24) is 25.6 Å². The van der Waals surface area contributed by atoms with Crippen LogP contribution in [0.15, 0.2) is 6.20 Å². The van der Waals surface area contributed by atoms with Gasteiger partial charge in [-0.2, -0.15) is 0 Å². The minimum absolute atomic E-state index is 0.0617. The van der Waals surface area contributed by atoms with Crippen LogP contribution in [0.3, 0.4) is 0 Å². The van der Waals surface area contributed by atoms with Crippen molar-refractivity contribution in [3.8, 4) is 0 Å². The van der Waals surface area contributed by atoms with Gasteiger partial charge in [-0.1, -0.05) is 5.21 Å². The van der Waals surface area contributed by atoms with Gasteiger partial charge in [0.25, 0.3) is 0 Å². The minimum atomic E-state index is -1.26. The molecule has 0 aliphatic rings. The molecule has 11 heteroatoms. The van der Waals surface area contributed by atoms with Crippen molar-refractivity contribution in [3.05, 3.63) is 11.9 Å². The zero-order valence-electron chi connectivity index (χ0n) is 16.4. The Labute approximate surface area is 157 Å². The lowest BCUT2D eigenvalue weighted by Crippen LogP contribution is -2.45. The highest BCUT2D eigenvalue weighted by molar-refractivity contribution is 5.79. The zero-order valence-corrected chi connectivity index (χ0v) is 16.4. The van der Waals surface area contributed by atoms with Crippen molar-refractivity contribution in [2.75, 3.05) is 0 Å². The molecule has 1 atom stereocenters. The molecule has 0 fully saturated rings. The molecule has 2 amide bonds. The van der Waals surface area contributed by atoms with Crippen molar-refractivity contribution >= 4 is 18.2 Å². The number of aromatic nitrogens is 3. The molecule has 0 saturated carbocycles. The van der Waals surface area contributed by atoms with Crippen LogP contribution >= 0.6 is 0 Å². The molecule has 27 heavy (non-hydrogen) atoms. The topological polar surface area (TPSA) is 145 Å². The van der Waals surface area contributed by atoms with Gasteiger partial charge in [-0.3, -0.25) is 0 Å². The Hall–Kier alpha value is -2.85. The predicted molar refractivity (Wildman–Crippen MR) is 93.9 cm³/mol. The van der Waals surface area contributed by atoms with Crippen molar-refractivity contribution in [3.63, 3.8) is 0 Å². The van der Waals surface area contributed by atoms with Gasteiger partial charge >= 0.3 is 18.2 Å². The highest BCUT2D eigenvalue weighted by Crippen LogP contribution is 2.08. The van der Waals surface area contributed by atoms with Gasteiger partial charge in [0.05, 0.1) is 19.3 Å². The highest BCUT2D eigenvalue weighted by Gasteiger charge is 2.25. The summed E-state index contributed by atoms with van der Waals surface area (Å²) in [6.07, 6.45) is 0.0123. The summed E-state index contributed by atoms with van der Waals surface area (Å²) < 4.78 is 11.4. The molecule has 1 heterocycles. The summed E-state index contributed by atoms with van der Waals surface area (Å²) in [5, 5.41) is 21.7. The first-order valence-electron chi connectivity index (χ1n) is 8.33. The molecule has 0 aromatic carbocycles. The number of hydrogen-bond acceptors (Lipinski definition) is 7. The third kappa shape index (κ3) is 9.42. The molecule has 11 nitrogen and oxygen atoms in total. The van der Waals surface area contributed by atoms with Gasteiger partial charge in [-0.25, -0.2) is 19.1 Å². The van der Waals surface area contributed by atoms with E-state index in [0.29, 0.717) is 5.69 Å². The quantitative estimate of drug-likeness (QED) is 0.664. The average molecular weight is 385 g/mol. The van der Waals surface area contributed by atoms with Gasteiger partial charge in [0.15, 0.2) is 0 Å². The summed E-state index contributed by atoms with van der Waals surface area (Å²) >= 11 is 0. The standard InChI is InChI=1S/C16H27N5O6/c1-15(2,3)26-13(24)17-7-10-8-21(20-19-10)9-11(12(22)23)18-14(25)27-16(4,5)6/h8,11H,7,9H2,1-6H3,(H,17,24)(H,18,25)(H,22,23)/t11-/m0/s1. The van der Waals surface area contributed by atoms with Crippen LogP contribution in [0.25, 0.3) is 0 Å². The largest absolute Gasteiger partial charge is 0.480 e. The molecule has 1 aromatic rings. The molecule has 1 rings (SSSR count). The smallest absolute Gasteiger partial charge is 0.408 e. The molecule has 0 aliphatic heterocycles. The third-order valence-corrected chi connectivity index (χ3v) is 2.76. The van der Waals surface area contributed by atoms with Gasteiger partial charge in [0.2, 0.25) is 0 Å². The molecule has 0 spiro atoms. The number of ether oxygens (including phenoxy) is 2. The maximum Gasteiger partial charge on any atom is 0.408 e. The number of alkyl carbamates (subject to hydrolysis) is 2. The van der Waals surface area contributed by atoms with E-state index >= 15 is 0 Å². The Morgan fingerprint density at radius 1 is 1.11 bits per heavy atom. The van der Waals surface area contributed by atoms with Crippen LogP contribution in [0, 0.1) is 0 Å². The first-order valence-corrected chi connectivity index (χ1v) is 8.33. The van der Waals surface area contributed by atoms with E-state index < -0.39 is 35.4 Å². The number of nitrogens with one attached hydrogen (secondary N) is 2. The van der Waals surface area contributed by atoms with Gasteiger partial charge in [-0.05, 0) is 41.5 Å². The molecule has 152 valence electrons. The summed E-state index contributed by atoms with van der Waals surface area (Å²) in [7, 11) is 0. The molecule has 0 saturated heterocycles. The Kier molecular flexibility index (Phi) is 7.14. The summed E-state index contributed by atoms with van der Waals surface area (Å²) in [5.74, 6) is -1.25. The summed E-state index contributed by atoms with van der Waals surface area (Å²) in [5.41, 5.74) is -0.966. The molecular formula is C16H27N5O6. The van der Waals surface area contributed by atoms with Crippen LogP contribution in [0.2, 0.25) is 0 Å². The normalized spacial score (nSPS) is 12.8. The molecular weight excluding hydrogens is 358 g/mol. The number of carboxylic acid groups (broad SMARTS) is 1. The zero-order chi connectivity index (χ0) is 20.8. The van der Waals surface area contributed by atoms with Crippen LogP contribution in [0.5, 0.6) is 0 Å². The van der Waals surface area contributed by atoms with Gasteiger partial charge in [0.1, 0.15) is 22.9 Å². The van der Waals surface area contributed by atoms with Gasteiger partial charge < -0.3 is 25.2 Å². The van der Waals surface area contributed by atoms with E-state index in [1.54, 1.807) is 41.5 Å². The fourth-order valence-electron chi connectivity index (χ4n) is 1.81. The lowest BCUT2D eigenvalue weighted by atomic mass is 10.2. The number of carboxylic acids is 1. The molecule has 0 bridgehead atoms. The van der Waals surface area contributed by atoms with Gasteiger partial charge in [0, 0.05) is 0 Å². The van der Waals surface area contributed by atoms with Crippen molar-refractivity contribution in [1.29, 1.82) is 0 Å². The van der Waals surface area contributed by atoms with E-state index in [1.807, 2.05) is 0 Å². The first-order chi connectivity index (χ1) is 12.2. The maximum absolute atomic E-state index is 11.8. The molecule has 0 radical (unpaired) electrons. The minimum Gasteiger partial charge on any atom is -0.480 e. The van der Waals surface area contributed by atoms with Crippen LogP contribution in [-0.2, 0) is 27.4 Å². The second-order valence-corrected chi connectivity index (χ2v) is 7.82. The van der Waals surface area contributed by atoms with E-state index in [4.69, 9.17) is 9.47 Å². The van der Waals surface area contributed by atoms with Crippen molar-refractivity contribution in [2.45, 2.75) is 71.9 Å². The highest BCUT2D eigenvalue weighted by atomic mass is 16.6. The molecule has 0 unspecified atom stereocenters. The lowest BCUT2D eigenvalue weighted by molar-refractivity contribution is -0.139. The Morgan fingerprint density at radius 3 is 2.19 bits per heavy atom. The Balaban J connectivity index is 2.60. The van der Waals surface area contributed by atoms with E-state index in [2.05, 4.69) is 20.9 Å². The first kappa shape index (κ1) is 22.2.